The molecule has 5 nitrogen and oxygen atoms in total. The van der Waals surface area contributed by atoms with Gasteiger partial charge in [-0.25, -0.2) is 12.7 Å². The first-order valence-corrected chi connectivity index (χ1v) is 10.2. The molecule has 0 spiro atoms. The molecule has 0 unspecified atom stereocenters. The van der Waals surface area contributed by atoms with Crippen LogP contribution in [0, 0.1) is 5.92 Å². The maximum atomic E-state index is 11.8. The van der Waals surface area contributed by atoms with Crippen LogP contribution in [-0.4, -0.2) is 56.2 Å². The molecule has 0 saturated carbocycles. The molecule has 3 rings (SSSR count). The summed E-state index contributed by atoms with van der Waals surface area (Å²) >= 11 is 0. The maximum absolute atomic E-state index is 11.8. The Balaban J connectivity index is 1.69. The number of rotatable bonds is 3. The number of benzene rings is 1. The molecule has 23 heavy (non-hydrogen) atoms. The zero-order valence-electron chi connectivity index (χ0n) is 13.9. The maximum Gasteiger partial charge on any atom is 0.211 e. The minimum absolute atomic E-state index is 0.330. The van der Waals surface area contributed by atoms with Crippen LogP contribution >= 0.6 is 0 Å². The van der Waals surface area contributed by atoms with E-state index >= 15 is 0 Å². The fourth-order valence-electron chi connectivity index (χ4n) is 3.52. The predicted molar refractivity (Wildman–Crippen MR) is 90.9 cm³/mol. The molecule has 0 radical (unpaired) electrons. The van der Waals surface area contributed by atoms with Crippen molar-refractivity contribution in [2.24, 2.45) is 5.92 Å². The number of fused-ring (bicyclic) bond motifs is 1. The second-order valence-corrected chi connectivity index (χ2v) is 8.81. The Hall–Kier alpha value is -1.11. The van der Waals surface area contributed by atoms with Gasteiger partial charge in [-0.05, 0) is 31.7 Å². The SMILES string of the molecule is C[C@@H]1COc2ccccc2CN1C[C@@H]1CCCN(S(C)(=O)=O)C1. The topological polar surface area (TPSA) is 49.9 Å². The normalized spacial score (nSPS) is 27.0. The number of para-hydroxylation sites is 1. The minimum Gasteiger partial charge on any atom is -0.492 e. The number of hydrogen-bond donors (Lipinski definition) is 0. The summed E-state index contributed by atoms with van der Waals surface area (Å²) in [7, 11) is -3.08. The monoisotopic (exact) mass is 338 g/mol. The summed E-state index contributed by atoms with van der Waals surface area (Å²) in [5.41, 5.74) is 1.22. The van der Waals surface area contributed by atoms with Crippen molar-refractivity contribution in [3.8, 4) is 5.75 Å². The lowest BCUT2D eigenvalue weighted by Gasteiger charge is -2.35. The fourth-order valence-corrected chi connectivity index (χ4v) is 4.46. The van der Waals surface area contributed by atoms with E-state index in [1.165, 1.54) is 11.8 Å². The standard InChI is InChI=1S/C17H26N2O3S/c1-14-13-22-17-8-4-3-7-16(17)12-18(14)10-15-6-5-9-19(11-15)23(2,20)21/h3-4,7-8,14-15H,5-6,9-13H2,1-2H3/t14-,15+/m1/s1. The van der Waals surface area contributed by atoms with Crippen molar-refractivity contribution in [2.75, 3.05) is 32.5 Å². The van der Waals surface area contributed by atoms with E-state index in [1.807, 2.05) is 18.2 Å². The summed E-state index contributed by atoms with van der Waals surface area (Å²) in [6.45, 7) is 5.96. The Morgan fingerprint density at radius 2 is 2.09 bits per heavy atom. The third kappa shape index (κ3) is 4.05. The van der Waals surface area contributed by atoms with E-state index in [0.717, 1.165) is 31.7 Å². The van der Waals surface area contributed by atoms with E-state index in [2.05, 4.69) is 17.9 Å². The zero-order chi connectivity index (χ0) is 16.4. The van der Waals surface area contributed by atoms with Crippen molar-refractivity contribution in [1.82, 2.24) is 9.21 Å². The van der Waals surface area contributed by atoms with Crippen molar-refractivity contribution in [3.63, 3.8) is 0 Å². The van der Waals surface area contributed by atoms with Gasteiger partial charge >= 0.3 is 0 Å². The molecule has 6 heteroatoms. The molecule has 2 aliphatic rings. The van der Waals surface area contributed by atoms with Crippen LogP contribution in [0.25, 0.3) is 0 Å². The number of sulfonamides is 1. The fraction of sp³-hybridized carbons (Fsp3) is 0.647. The van der Waals surface area contributed by atoms with Gasteiger partial charge < -0.3 is 4.74 Å². The van der Waals surface area contributed by atoms with Crippen molar-refractivity contribution in [1.29, 1.82) is 0 Å². The lowest BCUT2D eigenvalue weighted by molar-refractivity contribution is 0.117. The molecule has 1 aromatic rings. The van der Waals surface area contributed by atoms with E-state index in [9.17, 15) is 8.42 Å². The quantitative estimate of drug-likeness (QED) is 0.845. The molecular weight excluding hydrogens is 312 g/mol. The van der Waals surface area contributed by atoms with Crippen molar-refractivity contribution < 1.29 is 13.2 Å². The van der Waals surface area contributed by atoms with E-state index in [-0.39, 0.29) is 0 Å². The van der Waals surface area contributed by atoms with Crippen LogP contribution in [0.3, 0.4) is 0 Å². The highest BCUT2D eigenvalue weighted by Crippen LogP contribution is 2.27. The Labute approximate surface area is 139 Å². The smallest absolute Gasteiger partial charge is 0.211 e. The summed E-state index contributed by atoms with van der Waals surface area (Å²) in [6.07, 6.45) is 3.36. The average Bonchev–Trinajstić information content (AvgIpc) is 2.67. The largest absolute Gasteiger partial charge is 0.492 e. The Kier molecular flexibility index (Phi) is 4.94. The first-order valence-electron chi connectivity index (χ1n) is 8.33. The van der Waals surface area contributed by atoms with Crippen molar-refractivity contribution in [3.05, 3.63) is 29.8 Å². The molecule has 2 heterocycles. The highest BCUT2D eigenvalue weighted by molar-refractivity contribution is 7.88. The van der Waals surface area contributed by atoms with Gasteiger partial charge in [-0.1, -0.05) is 18.2 Å². The van der Waals surface area contributed by atoms with Crippen molar-refractivity contribution >= 4 is 10.0 Å². The van der Waals surface area contributed by atoms with Gasteiger partial charge in [-0.15, -0.1) is 0 Å². The van der Waals surface area contributed by atoms with E-state index < -0.39 is 10.0 Å². The molecule has 2 atom stereocenters. The molecule has 0 bridgehead atoms. The first kappa shape index (κ1) is 16.7. The summed E-state index contributed by atoms with van der Waals surface area (Å²) in [4.78, 5) is 2.43. The van der Waals surface area contributed by atoms with Gasteiger partial charge in [-0.2, -0.15) is 0 Å². The van der Waals surface area contributed by atoms with Crippen LogP contribution in [0.2, 0.25) is 0 Å². The van der Waals surface area contributed by atoms with E-state index in [1.54, 1.807) is 4.31 Å². The number of piperidine rings is 1. The highest BCUT2D eigenvalue weighted by atomic mass is 32.2. The van der Waals surface area contributed by atoms with Gasteiger partial charge in [0, 0.05) is 37.8 Å². The second-order valence-electron chi connectivity index (χ2n) is 6.83. The number of nitrogens with zero attached hydrogens (tertiary/aromatic N) is 2. The minimum atomic E-state index is -3.08. The van der Waals surface area contributed by atoms with Gasteiger partial charge in [0.2, 0.25) is 10.0 Å². The number of hydrogen-bond acceptors (Lipinski definition) is 4. The van der Waals surface area contributed by atoms with Crippen LogP contribution in [0.5, 0.6) is 5.75 Å². The molecule has 1 fully saturated rings. The third-order valence-electron chi connectivity index (χ3n) is 4.89. The summed E-state index contributed by atoms with van der Waals surface area (Å²) in [5, 5.41) is 0. The second kappa shape index (κ2) is 6.79. The van der Waals surface area contributed by atoms with Gasteiger partial charge in [0.15, 0.2) is 0 Å². The Morgan fingerprint density at radius 3 is 2.87 bits per heavy atom. The Bertz CT molecular complexity index is 647. The average molecular weight is 338 g/mol. The summed E-state index contributed by atoms with van der Waals surface area (Å²) in [6, 6.07) is 8.52. The van der Waals surface area contributed by atoms with Crippen LogP contribution < -0.4 is 4.74 Å². The van der Waals surface area contributed by atoms with Crippen molar-refractivity contribution in [2.45, 2.75) is 32.4 Å². The van der Waals surface area contributed by atoms with Gasteiger partial charge in [0.1, 0.15) is 12.4 Å². The van der Waals surface area contributed by atoms with E-state index in [0.29, 0.717) is 31.7 Å². The molecule has 0 N–H and O–H groups in total. The van der Waals surface area contributed by atoms with Gasteiger partial charge in [0.25, 0.3) is 0 Å². The molecular formula is C17H26N2O3S. The zero-order valence-corrected chi connectivity index (χ0v) is 14.8. The summed E-state index contributed by atoms with van der Waals surface area (Å²) in [5.74, 6) is 1.37. The Morgan fingerprint density at radius 1 is 1.30 bits per heavy atom. The molecule has 0 aromatic heterocycles. The summed E-state index contributed by atoms with van der Waals surface area (Å²) < 4.78 is 31.1. The van der Waals surface area contributed by atoms with E-state index in [4.69, 9.17) is 4.74 Å². The third-order valence-corrected chi connectivity index (χ3v) is 6.16. The molecule has 128 valence electrons. The molecule has 1 aromatic carbocycles. The van der Waals surface area contributed by atoms with Gasteiger partial charge in [-0.3, -0.25) is 4.90 Å². The highest BCUT2D eigenvalue weighted by Gasteiger charge is 2.29. The van der Waals surface area contributed by atoms with Crippen LogP contribution in [0.15, 0.2) is 24.3 Å². The lowest BCUT2D eigenvalue weighted by atomic mass is 9.98. The molecule has 0 aliphatic carbocycles. The van der Waals surface area contributed by atoms with Gasteiger partial charge in [0.05, 0.1) is 6.26 Å². The molecule has 0 amide bonds. The van der Waals surface area contributed by atoms with Crippen LogP contribution in [-0.2, 0) is 16.6 Å². The molecule has 2 aliphatic heterocycles. The first-order chi connectivity index (χ1) is 10.9. The lowest BCUT2D eigenvalue weighted by Crippen LogP contribution is -2.45. The van der Waals surface area contributed by atoms with Crippen LogP contribution in [0.1, 0.15) is 25.3 Å². The molecule has 1 saturated heterocycles. The van der Waals surface area contributed by atoms with Crippen LogP contribution in [0.4, 0.5) is 0 Å². The predicted octanol–water partition coefficient (Wildman–Crippen LogP) is 1.94. The number of ether oxygens (including phenoxy) is 1.